The van der Waals surface area contributed by atoms with Crippen LogP contribution in [0.25, 0.3) is 0 Å². The molecule has 0 fully saturated rings. The summed E-state index contributed by atoms with van der Waals surface area (Å²) < 4.78 is 0. The molecule has 18 heavy (non-hydrogen) atoms. The van der Waals surface area contributed by atoms with Crippen molar-refractivity contribution in [3.05, 3.63) is 73.1 Å². The van der Waals surface area contributed by atoms with Gasteiger partial charge in [-0.2, -0.15) is 20.5 Å². The molecule has 88 valence electrons. The van der Waals surface area contributed by atoms with Gasteiger partial charge in [0.05, 0.1) is 23.8 Å². The van der Waals surface area contributed by atoms with E-state index in [0.717, 1.165) is 11.4 Å². The van der Waals surface area contributed by atoms with Crippen molar-refractivity contribution in [2.75, 3.05) is 0 Å². The lowest BCUT2D eigenvalue weighted by Crippen LogP contribution is -1.60. The van der Waals surface area contributed by atoms with Crippen molar-refractivity contribution in [2.45, 2.75) is 0 Å². The Balaban J connectivity index is 1.86. The SMILES string of the molecule is C(=CN=Nc1ccccc1)N=Nc1ccccc1. The van der Waals surface area contributed by atoms with Gasteiger partial charge in [-0.05, 0) is 24.3 Å². The van der Waals surface area contributed by atoms with E-state index in [9.17, 15) is 0 Å². The molecule has 0 aliphatic rings. The summed E-state index contributed by atoms with van der Waals surface area (Å²) >= 11 is 0. The molecular formula is C14H12N4. The molecule has 0 saturated heterocycles. The van der Waals surface area contributed by atoms with Crippen LogP contribution < -0.4 is 0 Å². The van der Waals surface area contributed by atoms with Gasteiger partial charge in [-0.25, -0.2) is 0 Å². The lowest BCUT2D eigenvalue weighted by Gasteiger charge is -1.87. The lowest BCUT2D eigenvalue weighted by molar-refractivity contribution is 1.18. The first-order valence-electron chi connectivity index (χ1n) is 5.52. The van der Waals surface area contributed by atoms with Gasteiger partial charge < -0.3 is 0 Å². The predicted molar refractivity (Wildman–Crippen MR) is 71.1 cm³/mol. The van der Waals surface area contributed by atoms with E-state index in [4.69, 9.17) is 0 Å². The van der Waals surface area contributed by atoms with E-state index < -0.39 is 0 Å². The van der Waals surface area contributed by atoms with Gasteiger partial charge in [-0.1, -0.05) is 36.4 Å². The maximum Gasteiger partial charge on any atom is 0.0856 e. The minimum absolute atomic E-state index is 0.808. The Hall–Kier alpha value is -2.62. The average molecular weight is 236 g/mol. The zero-order chi connectivity index (χ0) is 12.5. The van der Waals surface area contributed by atoms with Crippen molar-refractivity contribution in [1.29, 1.82) is 0 Å². The van der Waals surface area contributed by atoms with Gasteiger partial charge in [0.25, 0.3) is 0 Å². The summed E-state index contributed by atoms with van der Waals surface area (Å²) in [5.41, 5.74) is 1.62. The van der Waals surface area contributed by atoms with E-state index in [1.54, 1.807) is 0 Å². The van der Waals surface area contributed by atoms with Crippen molar-refractivity contribution in [2.24, 2.45) is 20.5 Å². The second-order valence-electron chi connectivity index (χ2n) is 3.40. The third-order valence-electron chi connectivity index (χ3n) is 2.06. The van der Waals surface area contributed by atoms with E-state index in [-0.39, 0.29) is 0 Å². The smallest absolute Gasteiger partial charge is 0.0856 e. The number of benzene rings is 2. The molecule has 0 aliphatic heterocycles. The molecule has 0 amide bonds. The van der Waals surface area contributed by atoms with Crippen LogP contribution in [0.3, 0.4) is 0 Å². The molecule has 0 N–H and O–H groups in total. The predicted octanol–water partition coefficient (Wildman–Crippen LogP) is 5.03. The molecular weight excluding hydrogens is 224 g/mol. The standard InChI is InChI=1S/C14H12N4/c1-3-7-13(8-4-1)17-15-11-12-16-18-14-9-5-2-6-10-14/h1-12H. The Bertz CT molecular complexity index is 493. The van der Waals surface area contributed by atoms with Gasteiger partial charge in [0, 0.05) is 0 Å². The molecule has 2 rings (SSSR count). The van der Waals surface area contributed by atoms with Gasteiger partial charge >= 0.3 is 0 Å². The molecule has 0 aliphatic carbocycles. The van der Waals surface area contributed by atoms with Crippen molar-refractivity contribution in [1.82, 2.24) is 0 Å². The van der Waals surface area contributed by atoms with Crippen LogP contribution in [-0.2, 0) is 0 Å². The minimum Gasteiger partial charge on any atom is -0.157 e. The van der Waals surface area contributed by atoms with Crippen LogP contribution in [-0.4, -0.2) is 0 Å². The fourth-order valence-electron chi connectivity index (χ4n) is 1.25. The normalized spacial score (nSPS) is 11.8. The van der Waals surface area contributed by atoms with Crippen LogP contribution in [0.15, 0.2) is 93.5 Å². The Morgan fingerprint density at radius 1 is 0.556 bits per heavy atom. The Kier molecular flexibility index (Phi) is 4.51. The molecule has 0 spiro atoms. The molecule has 0 heterocycles. The first-order valence-corrected chi connectivity index (χ1v) is 5.52. The zero-order valence-electron chi connectivity index (χ0n) is 9.72. The average Bonchev–Trinajstić information content (AvgIpc) is 2.45. The van der Waals surface area contributed by atoms with Crippen LogP contribution >= 0.6 is 0 Å². The second-order valence-corrected chi connectivity index (χ2v) is 3.40. The molecule has 0 aromatic heterocycles. The van der Waals surface area contributed by atoms with Gasteiger partial charge in [-0.3, -0.25) is 0 Å². The summed E-state index contributed by atoms with van der Waals surface area (Å²) in [5, 5.41) is 15.7. The minimum atomic E-state index is 0.808. The molecule has 0 atom stereocenters. The first kappa shape index (κ1) is 11.9. The largest absolute Gasteiger partial charge is 0.157 e. The second kappa shape index (κ2) is 6.85. The van der Waals surface area contributed by atoms with Crippen LogP contribution in [0.4, 0.5) is 11.4 Å². The lowest BCUT2D eigenvalue weighted by atomic mass is 10.3. The highest BCUT2D eigenvalue weighted by molar-refractivity contribution is 5.35. The zero-order valence-corrected chi connectivity index (χ0v) is 9.72. The molecule has 2 aromatic carbocycles. The number of rotatable bonds is 4. The molecule has 4 heteroatoms. The fourth-order valence-corrected chi connectivity index (χ4v) is 1.25. The summed E-state index contributed by atoms with van der Waals surface area (Å²) in [4.78, 5) is 0. The summed E-state index contributed by atoms with van der Waals surface area (Å²) in [6.45, 7) is 0. The van der Waals surface area contributed by atoms with Crippen LogP contribution in [0, 0.1) is 0 Å². The molecule has 0 saturated carbocycles. The number of nitrogens with zero attached hydrogens (tertiary/aromatic N) is 4. The molecule has 0 bridgehead atoms. The Morgan fingerprint density at radius 2 is 0.944 bits per heavy atom. The number of azo groups is 2. The van der Waals surface area contributed by atoms with Gasteiger partial charge in [0.15, 0.2) is 0 Å². The number of hydrogen-bond donors (Lipinski definition) is 0. The Morgan fingerprint density at radius 3 is 1.33 bits per heavy atom. The van der Waals surface area contributed by atoms with Gasteiger partial charge in [0.1, 0.15) is 0 Å². The van der Waals surface area contributed by atoms with Crippen molar-refractivity contribution >= 4 is 11.4 Å². The van der Waals surface area contributed by atoms with E-state index in [2.05, 4.69) is 20.5 Å². The summed E-state index contributed by atoms with van der Waals surface area (Å²) in [6, 6.07) is 19.0. The topological polar surface area (TPSA) is 49.4 Å². The quantitative estimate of drug-likeness (QED) is 0.669. The fraction of sp³-hybridized carbons (Fsp3) is 0. The van der Waals surface area contributed by atoms with Crippen LogP contribution in [0.1, 0.15) is 0 Å². The van der Waals surface area contributed by atoms with Crippen LogP contribution in [0.5, 0.6) is 0 Å². The summed E-state index contributed by atoms with van der Waals surface area (Å²) in [5.74, 6) is 0. The maximum absolute atomic E-state index is 3.99. The van der Waals surface area contributed by atoms with E-state index >= 15 is 0 Å². The first-order chi connectivity index (χ1) is 8.95. The van der Waals surface area contributed by atoms with Crippen molar-refractivity contribution in [3.8, 4) is 0 Å². The van der Waals surface area contributed by atoms with Gasteiger partial charge in [-0.15, -0.1) is 0 Å². The summed E-state index contributed by atoms with van der Waals surface area (Å²) in [6.07, 6.45) is 3.00. The van der Waals surface area contributed by atoms with E-state index in [0.29, 0.717) is 0 Å². The third kappa shape index (κ3) is 4.09. The Labute approximate surface area is 105 Å². The van der Waals surface area contributed by atoms with E-state index in [1.807, 2.05) is 60.7 Å². The van der Waals surface area contributed by atoms with Crippen molar-refractivity contribution < 1.29 is 0 Å². The number of hydrogen-bond acceptors (Lipinski definition) is 4. The third-order valence-corrected chi connectivity index (χ3v) is 2.06. The van der Waals surface area contributed by atoms with E-state index in [1.165, 1.54) is 12.4 Å². The highest BCUT2D eigenvalue weighted by Gasteiger charge is 1.83. The van der Waals surface area contributed by atoms with Crippen molar-refractivity contribution in [3.63, 3.8) is 0 Å². The summed E-state index contributed by atoms with van der Waals surface area (Å²) in [7, 11) is 0. The molecule has 0 radical (unpaired) electrons. The molecule has 2 aromatic rings. The molecule has 0 unspecified atom stereocenters. The van der Waals surface area contributed by atoms with Crippen LogP contribution in [0.2, 0.25) is 0 Å². The highest BCUT2D eigenvalue weighted by Crippen LogP contribution is 2.11. The van der Waals surface area contributed by atoms with Gasteiger partial charge in [0.2, 0.25) is 0 Å². The maximum atomic E-state index is 3.99. The highest BCUT2D eigenvalue weighted by atomic mass is 15.1. The molecule has 4 nitrogen and oxygen atoms in total. The monoisotopic (exact) mass is 236 g/mol.